The molecule has 0 aromatic carbocycles. The third-order valence-corrected chi connectivity index (χ3v) is 3.15. The van der Waals surface area contributed by atoms with Crippen LogP contribution in [-0.2, 0) is 4.79 Å². The molecule has 0 spiro atoms. The normalized spacial score (nSPS) is 37.4. The van der Waals surface area contributed by atoms with Crippen LogP contribution in [0.4, 0.5) is 0 Å². The highest BCUT2D eigenvalue weighted by molar-refractivity contribution is 7.81. The average molecular weight is 186 g/mol. The molecule has 2 heteroatoms. The van der Waals surface area contributed by atoms with Crippen molar-refractivity contribution in [3.63, 3.8) is 0 Å². The van der Waals surface area contributed by atoms with E-state index in [1.165, 1.54) is 0 Å². The maximum Gasteiger partial charge on any atom is 0.137 e. The van der Waals surface area contributed by atoms with E-state index in [1.807, 2.05) is 0 Å². The van der Waals surface area contributed by atoms with Gasteiger partial charge in [-0.25, -0.2) is 0 Å². The van der Waals surface area contributed by atoms with Crippen molar-refractivity contribution in [2.75, 3.05) is 0 Å². The van der Waals surface area contributed by atoms with E-state index >= 15 is 0 Å². The molecule has 0 radical (unpaired) electrons. The average Bonchev–Trinajstić information content (AvgIpc) is 1.83. The molecule has 2 atom stereocenters. The zero-order chi connectivity index (χ0) is 9.35. The third-order valence-electron chi connectivity index (χ3n) is 2.77. The highest BCUT2D eigenvalue weighted by Crippen LogP contribution is 2.36. The van der Waals surface area contributed by atoms with Crippen LogP contribution in [0.2, 0.25) is 0 Å². The van der Waals surface area contributed by atoms with Crippen LogP contribution in [0.15, 0.2) is 0 Å². The topological polar surface area (TPSA) is 17.1 Å². The van der Waals surface area contributed by atoms with Crippen LogP contribution < -0.4 is 0 Å². The number of hydrogen-bond acceptors (Lipinski definition) is 2. The lowest BCUT2D eigenvalue weighted by molar-refractivity contribution is -0.126. The van der Waals surface area contributed by atoms with Crippen molar-refractivity contribution >= 4 is 18.4 Å². The maximum atomic E-state index is 11.6. The first-order valence-corrected chi connectivity index (χ1v) is 5.12. The molecule has 0 aromatic rings. The Kier molecular flexibility index (Phi) is 2.87. The second-order valence-corrected chi connectivity index (χ2v) is 5.61. The standard InChI is InChI=1S/C10H18OS/c1-7(2)8-4-5-10(3,12)6-9(8)11/h7-8,12H,4-6H2,1-3H3/t8-,10-/m1/s1. The molecule has 1 aliphatic rings. The van der Waals surface area contributed by atoms with E-state index in [-0.39, 0.29) is 4.75 Å². The molecule has 0 bridgehead atoms. The Labute approximate surface area is 80.3 Å². The summed E-state index contributed by atoms with van der Waals surface area (Å²) in [6.45, 7) is 6.32. The number of rotatable bonds is 1. The number of hydrogen-bond donors (Lipinski definition) is 1. The van der Waals surface area contributed by atoms with Crippen molar-refractivity contribution in [3.05, 3.63) is 0 Å². The molecule has 1 rings (SSSR count). The van der Waals surface area contributed by atoms with Crippen LogP contribution in [0.25, 0.3) is 0 Å². The summed E-state index contributed by atoms with van der Waals surface area (Å²) in [5, 5.41) is 0. The largest absolute Gasteiger partial charge is 0.299 e. The van der Waals surface area contributed by atoms with Gasteiger partial charge in [0.15, 0.2) is 0 Å². The molecule has 1 saturated carbocycles. The fraction of sp³-hybridized carbons (Fsp3) is 0.900. The molecule has 0 N–H and O–H groups in total. The smallest absolute Gasteiger partial charge is 0.137 e. The minimum Gasteiger partial charge on any atom is -0.299 e. The Hall–Kier alpha value is 0.0200. The van der Waals surface area contributed by atoms with Gasteiger partial charge in [-0.15, -0.1) is 0 Å². The zero-order valence-corrected chi connectivity index (χ0v) is 9.03. The SMILES string of the molecule is CC(C)[C@H]1CC[C@@](C)(S)CC1=O. The molecule has 70 valence electrons. The molecule has 0 aliphatic heterocycles. The predicted molar refractivity (Wildman–Crippen MR) is 54.6 cm³/mol. The van der Waals surface area contributed by atoms with E-state index in [1.54, 1.807) is 0 Å². The van der Waals surface area contributed by atoms with Crippen LogP contribution in [0.5, 0.6) is 0 Å². The summed E-state index contributed by atoms with van der Waals surface area (Å²) in [5.74, 6) is 1.21. The lowest BCUT2D eigenvalue weighted by Gasteiger charge is -2.33. The first kappa shape index (κ1) is 10.1. The predicted octanol–water partition coefficient (Wildman–Crippen LogP) is 2.70. The van der Waals surface area contributed by atoms with E-state index in [0.717, 1.165) is 12.8 Å². The first-order valence-electron chi connectivity index (χ1n) is 4.67. The maximum absolute atomic E-state index is 11.6. The number of thiol groups is 1. The molecule has 0 amide bonds. The van der Waals surface area contributed by atoms with Crippen LogP contribution in [-0.4, -0.2) is 10.5 Å². The van der Waals surface area contributed by atoms with Gasteiger partial charge in [-0.2, -0.15) is 12.6 Å². The molecule has 1 aliphatic carbocycles. The van der Waals surface area contributed by atoms with Crippen molar-refractivity contribution in [3.8, 4) is 0 Å². The molecule has 0 saturated heterocycles. The number of Topliss-reactive ketones (excluding diaryl/α,β-unsaturated/α-hetero) is 1. The van der Waals surface area contributed by atoms with Gasteiger partial charge in [0.2, 0.25) is 0 Å². The lowest BCUT2D eigenvalue weighted by atomic mass is 9.76. The third kappa shape index (κ3) is 2.25. The summed E-state index contributed by atoms with van der Waals surface area (Å²) in [7, 11) is 0. The van der Waals surface area contributed by atoms with Gasteiger partial charge in [0, 0.05) is 17.1 Å². The summed E-state index contributed by atoms with van der Waals surface area (Å²) in [6.07, 6.45) is 2.75. The summed E-state index contributed by atoms with van der Waals surface area (Å²) in [6, 6.07) is 0. The van der Waals surface area contributed by atoms with Gasteiger partial charge in [-0.3, -0.25) is 4.79 Å². The molecule has 0 aromatic heterocycles. The summed E-state index contributed by atoms with van der Waals surface area (Å²) < 4.78 is -0.0392. The van der Waals surface area contributed by atoms with Crippen LogP contribution in [0, 0.1) is 11.8 Å². The molecule has 0 unspecified atom stereocenters. The van der Waals surface area contributed by atoms with Crippen molar-refractivity contribution < 1.29 is 4.79 Å². The van der Waals surface area contributed by atoms with Gasteiger partial charge in [0.1, 0.15) is 5.78 Å². The number of carbonyl (C=O) groups is 1. The van der Waals surface area contributed by atoms with Crippen molar-refractivity contribution in [2.45, 2.75) is 44.8 Å². The Balaban J connectivity index is 2.60. The highest BCUT2D eigenvalue weighted by atomic mass is 32.1. The lowest BCUT2D eigenvalue weighted by Crippen LogP contribution is -2.35. The molecule has 1 nitrogen and oxygen atoms in total. The van der Waals surface area contributed by atoms with Gasteiger partial charge >= 0.3 is 0 Å². The van der Waals surface area contributed by atoms with Crippen molar-refractivity contribution in [1.29, 1.82) is 0 Å². The van der Waals surface area contributed by atoms with E-state index in [0.29, 0.717) is 24.0 Å². The Morgan fingerprint density at radius 1 is 1.58 bits per heavy atom. The van der Waals surface area contributed by atoms with Gasteiger partial charge in [-0.05, 0) is 18.8 Å². The van der Waals surface area contributed by atoms with E-state index in [4.69, 9.17) is 0 Å². The summed E-state index contributed by atoms with van der Waals surface area (Å²) in [5.41, 5.74) is 0. The molecule has 0 heterocycles. The van der Waals surface area contributed by atoms with Gasteiger partial charge < -0.3 is 0 Å². The second kappa shape index (κ2) is 3.41. The van der Waals surface area contributed by atoms with E-state index < -0.39 is 0 Å². The fourth-order valence-corrected chi connectivity index (χ4v) is 2.21. The zero-order valence-electron chi connectivity index (χ0n) is 8.13. The van der Waals surface area contributed by atoms with Crippen molar-refractivity contribution in [2.24, 2.45) is 11.8 Å². The quantitative estimate of drug-likeness (QED) is 0.623. The molecular weight excluding hydrogens is 168 g/mol. The minimum absolute atomic E-state index is 0.0392. The Morgan fingerprint density at radius 3 is 2.58 bits per heavy atom. The van der Waals surface area contributed by atoms with Crippen LogP contribution >= 0.6 is 12.6 Å². The monoisotopic (exact) mass is 186 g/mol. The summed E-state index contributed by atoms with van der Waals surface area (Å²) >= 11 is 4.47. The molecular formula is C10H18OS. The van der Waals surface area contributed by atoms with Gasteiger partial charge in [0.05, 0.1) is 0 Å². The second-order valence-electron chi connectivity index (χ2n) is 4.53. The summed E-state index contributed by atoms with van der Waals surface area (Å²) in [4.78, 5) is 11.6. The van der Waals surface area contributed by atoms with Crippen LogP contribution in [0.3, 0.4) is 0 Å². The molecule has 1 fully saturated rings. The number of carbonyl (C=O) groups excluding carboxylic acids is 1. The van der Waals surface area contributed by atoms with Crippen molar-refractivity contribution in [1.82, 2.24) is 0 Å². The number of ketones is 1. The van der Waals surface area contributed by atoms with Gasteiger partial charge in [-0.1, -0.05) is 20.8 Å². The fourth-order valence-electron chi connectivity index (χ4n) is 1.93. The van der Waals surface area contributed by atoms with E-state index in [2.05, 4.69) is 33.4 Å². The van der Waals surface area contributed by atoms with Crippen LogP contribution in [0.1, 0.15) is 40.0 Å². The highest BCUT2D eigenvalue weighted by Gasteiger charge is 2.35. The first-order chi connectivity index (χ1) is 5.42. The van der Waals surface area contributed by atoms with E-state index in [9.17, 15) is 4.79 Å². The Bertz CT molecular complexity index is 184. The molecule has 12 heavy (non-hydrogen) atoms. The Morgan fingerprint density at radius 2 is 2.17 bits per heavy atom. The van der Waals surface area contributed by atoms with Gasteiger partial charge in [0.25, 0.3) is 0 Å². The minimum atomic E-state index is -0.0392.